The van der Waals surface area contributed by atoms with Crippen LogP contribution >= 0.6 is 23.3 Å². The minimum atomic E-state index is -0.453. The van der Waals surface area contributed by atoms with E-state index in [2.05, 4.69) is 9.36 Å². The molecule has 1 heterocycles. The summed E-state index contributed by atoms with van der Waals surface area (Å²) in [5, 5.41) is 0. The van der Waals surface area contributed by atoms with Crippen LogP contribution in [0.3, 0.4) is 0 Å². The van der Waals surface area contributed by atoms with E-state index in [-0.39, 0.29) is 5.75 Å². The predicted molar refractivity (Wildman–Crippen MR) is 66.0 cm³/mol. The van der Waals surface area contributed by atoms with E-state index < -0.39 is 5.82 Å². The van der Waals surface area contributed by atoms with E-state index in [1.807, 2.05) is 0 Å². The maximum absolute atomic E-state index is 13.5. The number of aromatic nitrogens is 2. The lowest BCUT2D eigenvalue weighted by Gasteiger charge is -2.08. The molecule has 1 aromatic carbocycles. The summed E-state index contributed by atoms with van der Waals surface area (Å²) in [6.07, 6.45) is 1.47. The summed E-state index contributed by atoms with van der Waals surface area (Å²) >= 11 is 2.60. The first kappa shape index (κ1) is 12.1. The highest BCUT2D eigenvalue weighted by molar-refractivity contribution is 8.01. The van der Waals surface area contributed by atoms with E-state index >= 15 is 0 Å². The van der Waals surface area contributed by atoms with Gasteiger partial charge in [-0.15, -0.1) is 0 Å². The van der Waals surface area contributed by atoms with Crippen LogP contribution in [0.15, 0.2) is 27.7 Å². The Morgan fingerprint density at radius 2 is 2.35 bits per heavy atom. The number of ether oxygens (including phenoxy) is 1. The lowest BCUT2D eigenvalue weighted by molar-refractivity contribution is 0.321. The van der Waals surface area contributed by atoms with E-state index in [0.717, 1.165) is 4.34 Å². The van der Waals surface area contributed by atoms with Gasteiger partial charge in [-0.05, 0) is 24.5 Å². The van der Waals surface area contributed by atoms with Crippen LogP contribution in [0, 0.1) is 5.82 Å². The molecular formula is C10H10FN3OS2. The van der Waals surface area contributed by atoms with E-state index in [1.165, 1.54) is 35.7 Å². The van der Waals surface area contributed by atoms with Crippen LogP contribution in [0.5, 0.6) is 5.75 Å². The van der Waals surface area contributed by atoms with Gasteiger partial charge in [-0.3, -0.25) is 0 Å². The highest BCUT2D eigenvalue weighted by Crippen LogP contribution is 2.36. The molecule has 0 saturated heterocycles. The Kier molecular flexibility index (Phi) is 3.80. The Morgan fingerprint density at radius 1 is 1.53 bits per heavy atom. The largest absolute Gasteiger partial charge is 0.491 e. The van der Waals surface area contributed by atoms with Crippen molar-refractivity contribution in [1.29, 1.82) is 0 Å². The summed E-state index contributed by atoms with van der Waals surface area (Å²) in [5.74, 6) is -0.250. The van der Waals surface area contributed by atoms with Gasteiger partial charge in [-0.2, -0.15) is 4.37 Å². The molecule has 0 amide bonds. The first-order valence-electron chi connectivity index (χ1n) is 4.87. The number of benzene rings is 1. The van der Waals surface area contributed by atoms with Crippen LogP contribution in [-0.4, -0.2) is 16.0 Å². The van der Waals surface area contributed by atoms with Gasteiger partial charge in [0, 0.05) is 16.6 Å². The van der Waals surface area contributed by atoms with Crippen LogP contribution in [0.25, 0.3) is 0 Å². The maximum Gasteiger partial charge on any atom is 0.174 e. The van der Waals surface area contributed by atoms with Gasteiger partial charge in [0.2, 0.25) is 0 Å². The molecular weight excluding hydrogens is 261 g/mol. The van der Waals surface area contributed by atoms with Crippen LogP contribution in [0.1, 0.15) is 6.92 Å². The fraction of sp³-hybridized carbons (Fsp3) is 0.200. The van der Waals surface area contributed by atoms with Crippen molar-refractivity contribution in [2.45, 2.75) is 16.2 Å². The molecule has 4 nitrogen and oxygen atoms in total. The molecule has 0 fully saturated rings. The molecule has 0 spiro atoms. The van der Waals surface area contributed by atoms with Crippen molar-refractivity contribution in [3.05, 3.63) is 24.3 Å². The van der Waals surface area contributed by atoms with Crippen molar-refractivity contribution in [2.24, 2.45) is 0 Å². The maximum atomic E-state index is 13.5. The zero-order chi connectivity index (χ0) is 12.3. The Bertz CT molecular complexity index is 505. The number of nitrogen functional groups attached to an aromatic ring is 1. The highest BCUT2D eigenvalue weighted by Gasteiger charge is 2.11. The second-order valence-electron chi connectivity index (χ2n) is 3.06. The van der Waals surface area contributed by atoms with Gasteiger partial charge in [-0.1, -0.05) is 11.8 Å². The average Bonchev–Trinajstić information content (AvgIpc) is 2.78. The van der Waals surface area contributed by atoms with Crippen LogP contribution < -0.4 is 10.5 Å². The van der Waals surface area contributed by atoms with E-state index in [0.29, 0.717) is 17.2 Å². The topological polar surface area (TPSA) is 61.0 Å². The lowest BCUT2D eigenvalue weighted by atomic mass is 10.3. The highest BCUT2D eigenvalue weighted by atomic mass is 32.2. The molecule has 0 radical (unpaired) electrons. The summed E-state index contributed by atoms with van der Waals surface area (Å²) in [6.45, 7) is 2.21. The molecule has 7 heteroatoms. The molecule has 1 aromatic heterocycles. The summed E-state index contributed by atoms with van der Waals surface area (Å²) < 4.78 is 23.3. The Labute approximate surface area is 106 Å². The Hall–Kier alpha value is -1.34. The fourth-order valence-corrected chi connectivity index (χ4v) is 2.66. The van der Waals surface area contributed by atoms with E-state index in [1.54, 1.807) is 13.0 Å². The number of hydrogen-bond donors (Lipinski definition) is 1. The standard InChI is InChI=1S/C10H10FN3OS2/c1-2-15-8-4-9(7(12)3-6(8)11)16-10-13-5-14-17-10/h3-5H,2,12H2,1H3. The number of hydrogen-bond acceptors (Lipinski definition) is 6. The molecule has 17 heavy (non-hydrogen) atoms. The van der Waals surface area contributed by atoms with Crippen molar-refractivity contribution < 1.29 is 9.13 Å². The normalized spacial score (nSPS) is 10.5. The Balaban J connectivity index is 2.29. The third-order valence-corrected chi connectivity index (χ3v) is 3.69. The summed E-state index contributed by atoms with van der Waals surface area (Å²) in [6, 6.07) is 2.84. The summed E-state index contributed by atoms with van der Waals surface area (Å²) in [5.41, 5.74) is 6.11. The first-order valence-corrected chi connectivity index (χ1v) is 6.46. The monoisotopic (exact) mass is 271 g/mol. The fourth-order valence-electron chi connectivity index (χ4n) is 1.21. The Morgan fingerprint density at radius 3 is 3.00 bits per heavy atom. The number of rotatable bonds is 4. The van der Waals surface area contributed by atoms with Crippen molar-refractivity contribution in [3.63, 3.8) is 0 Å². The lowest BCUT2D eigenvalue weighted by Crippen LogP contribution is -1.97. The van der Waals surface area contributed by atoms with Gasteiger partial charge in [0.15, 0.2) is 15.9 Å². The zero-order valence-corrected chi connectivity index (χ0v) is 10.6. The molecule has 2 rings (SSSR count). The minimum Gasteiger partial charge on any atom is -0.491 e. The van der Waals surface area contributed by atoms with Crippen LogP contribution in [0.2, 0.25) is 0 Å². The second-order valence-corrected chi connectivity index (χ2v) is 5.13. The smallest absolute Gasteiger partial charge is 0.174 e. The molecule has 0 aliphatic carbocycles. The van der Waals surface area contributed by atoms with E-state index in [4.69, 9.17) is 10.5 Å². The van der Waals surface area contributed by atoms with Crippen molar-refractivity contribution in [1.82, 2.24) is 9.36 Å². The van der Waals surface area contributed by atoms with Gasteiger partial charge in [0.1, 0.15) is 6.33 Å². The van der Waals surface area contributed by atoms with Gasteiger partial charge >= 0.3 is 0 Å². The van der Waals surface area contributed by atoms with E-state index in [9.17, 15) is 4.39 Å². The number of anilines is 1. The van der Waals surface area contributed by atoms with Crippen LogP contribution in [0.4, 0.5) is 10.1 Å². The number of nitrogens with two attached hydrogens (primary N) is 1. The molecule has 90 valence electrons. The molecule has 0 saturated carbocycles. The quantitative estimate of drug-likeness (QED) is 0.866. The molecule has 2 N–H and O–H groups in total. The van der Waals surface area contributed by atoms with Gasteiger partial charge < -0.3 is 10.5 Å². The zero-order valence-electron chi connectivity index (χ0n) is 9.01. The van der Waals surface area contributed by atoms with Gasteiger partial charge in [0.25, 0.3) is 0 Å². The third kappa shape index (κ3) is 2.86. The molecule has 0 unspecified atom stereocenters. The SMILES string of the molecule is CCOc1cc(Sc2ncns2)c(N)cc1F. The molecule has 2 aromatic rings. The predicted octanol–water partition coefficient (Wildman–Crippen LogP) is 2.81. The second kappa shape index (κ2) is 5.33. The molecule has 0 atom stereocenters. The number of halogens is 1. The summed E-state index contributed by atoms with van der Waals surface area (Å²) in [4.78, 5) is 4.75. The first-order chi connectivity index (χ1) is 8.20. The third-order valence-electron chi connectivity index (χ3n) is 1.90. The van der Waals surface area contributed by atoms with Crippen LogP contribution in [-0.2, 0) is 0 Å². The molecule has 0 aliphatic heterocycles. The molecule has 0 bridgehead atoms. The van der Waals surface area contributed by atoms with Crippen molar-refractivity contribution in [3.8, 4) is 5.75 Å². The van der Waals surface area contributed by atoms with Crippen molar-refractivity contribution in [2.75, 3.05) is 12.3 Å². The average molecular weight is 271 g/mol. The van der Waals surface area contributed by atoms with Gasteiger partial charge in [-0.25, -0.2) is 9.37 Å². The summed E-state index contributed by atoms with van der Waals surface area (Å²) in [7, 11) is 0. The van der Waals surface area contributed by atoms with Gasteiger partial charge in [0.05, 0.1) is 6.61 Å². The minimum absolute atomic E-state index is 0.203. The molecule has 0 aliphatic rings. The van der Waals surface area contributed by atoms with Crippen molar-refractivity contribution >= 4 is 29.0 Å². The number of nitrogens with zero attached hydrogens (tertiary/aromatic N) is 2.